The summed E-state index contributed by atoms with van der Waals surface area (Å²) in [6, 6.07) is 7.31. The Bertz CT molecular complexity index is 895. The van der Waals surface area contributed by atoms with Crippen molar-refractivity contribution < 1.29 is 9.21 Å². The van der Waals surface area contributed by atoms with E-state index < -0.39 is 0 Å². The molecule has 0 saturated carbocycles. The number of fused-ring (bicyclic) bond motifs is 1. The van der Waals surface area contributed by atoms with Crippen LogP contribution in [0.5, 0.6) is 0 Å². The molecule has 0 atom stereocenters. The molecule has 0 aliphatic rings. The molecule has 5 nitrogen and oxygen atoms in total. The van der Waals surface area contributed by atoms with Gasteiger partial charge in [0.25, 0.3) is 5.56 Å². The molecule has 0 aliphatic heterocycles. The first-order valence-corrected chi connectivity index (χ1v) is 7.37. The van der Waals surface area contributed by atoms with Gasteiger partial charge < -0.3 is 4.42 Å². The highest BCUT2D eigenvalue weighted by Crippen LogP contribution is 2.21. The molecule has 0 radical (unpaired) electrons. The second-order valence-corrected chi connectivity index (χ2v) is 5.72. The fraction of sp³-hybridized carbons (Fsp3) is 0.133. The Labute approximate surface area is 133 Å². The number of benzene rings is 1. The lowest BCUT2D eigenvalue weighted by atomic mass is 10.1. The van der Waals surface area contributed by atoms with Crippen molar-refractivity contribution in [2.75, 3.05) is 0 Å². The van der Waals surface area contributed by atoms with Gasteiger partial charge in [0.2, 0.25) is 0 Å². The van der Waals surface area contributed by atoms with Crippen LogP contribution in [-0.2, 0) is 6.54 Å². The van der Waals surface area contributed by atoms with Crippen molar-refractivity contribution >= 4 is 39.3 Å². The minimum atomic E-state index is -0.204. The summed E-state index contributed by atoms with van der Waals surface area (Å²) in [5.74, 6) is -0.177. The molecule has 2 heterocycles. The molecule has 0 aliphatic carbocycles. The van der Waals surface area contributed by atoms with Crippen LogP contribution in [0, 0.1) is 10.5 Å². The number of carbonyl (C=O) groups excluding carboxylic acids is 1. The van der Waals surface area contributed by atoms with Crippen molar-refractivity contribution in [3.05, 3.63) is 62.0 Å². The molecule has 0 saturated heterocycles. The third kappa shape index (κ3) is 2.51. The number of furan rings is 1. The number of aromatic nitrogens is 2. The van der Waals surface area contributed by atoms with Crippen LogP contribution in [0.25, 0.3) is 11.0 Å². The summed E-state index contributed by atoms with van der Waals surface area (Å²) in [4.78, 5) is 28.6. The Morgan fingerprint density at radius 3 is 2.95 bits per heavy atom. The first kappa shape index (κ1) is 14.0. The van der Waals surface area contributed by atoms with Gasteiger partial charge in [-0.15, -0.1) is 0 Å². The van der Waals surface area contributed by atoms with Crippen molar-refractivity contribution in [3.8, 4) is 0 Å². The van der Waals surface area contributed by atoms with E-state index in [0.29, 0.717) is 20.4 Å². The highest BCUT2D eigenvalue weighted by Gasteiger charge is 2.15. The zero-order valence-corrected chi connectivity index (χ0v) is 13.3. The Hall–Kier alpha value is -1.96. The van der Waals surface area contributed by atoms with Crippen LogP contribution >= 0.6 is 22.6 Å². The molecule has 2 aromatic heterocycles. The zero-order valence-electron chi connectivity index (χ0n) is 11.2. The lowest BCUT2D eigenvalue weighted by Crippen LogP contribution is -2.27. The second kappa shape index (κ2) is 5.44. The summed E-state index contributed by atoms with van der Waals surface area (Å²) in [6.07, 6.45) is 2.84. The number of halogens is 1. The number of hydrogen-bond donors (Lipinski definition) is 0. The highest BCUT2D eigenvalue weighted by atomic mass is 127. The van der Waals surface area contributed by atoms with E-state index >= 15 is 0 Å². The van der Waals surface area contributed by atoms with E-state index in [-0.39, 0.29) is 17.9 Å². The quantitative estimate of drug-likeness (QED) is 0.506. The first-order chi connectivity index (χ1) is 10.1. The van der Waals surface area contributed by atoms with Crippen LogP contribution < -0.4 is 5.56 Å². The topological polar surface area (TPSA) is 65.1 Å². The number of rotatable bonds is 3. The maximum Gasteiger partial charge on any atom is 0.267 e. The summed E-state index contributed by atoms with van der Waals surface area (Å²) in [5, 5.41) is 0.755. The maximum atomic E-state index is 12.4. The Balaban J connectivity index is 1.97. The number of carbonyl (C=O) groups is 1. The number of ketones is 1. The van der Waals surface area contributed by atoms with Gasteiger partial charge in [-0.1, -0.05) is 18.2 Å². The van der Waals surface area contributed by atoms with Crippen LogP contribution in [-0.4, -0.2) is 15.3 Å². The standard InChI is InChI=1S/C15H11IN2O3/c1-9-14(16)15(20)18(8-17-9)6-12(19)11-7-21-13-5-3-2-4-10(11)13/h2-5,7-8H,6H2,1H3. The van der Waals surface area contributed by atoms with Crippen LogP contribution in [0.2, 0.25) is 0 Å². The van der Waals surface area contributed by atoms with Crippen molar-refractivity contribution in [2.45, 2.75) is 13.5 Å². The van der Waals surface area contributed by atoms with Crippen molar-refractivity contribution in [1.29, 1.82) is 0 Å². The van der Waals surface area contributed by atoms with Gasteiger partial charge in [0, 0.05) is 5.39 Å². The van der Waals surface area contributed by atoms with E-state index in [1.54, 1.807) is 13.0 Å². The molecular weight excluding hydrogens is 383 g/mol. The van der Waals surface area contributed by atoms with Crippen molar-refractivity contribution in [2.24, 2.45) is 0 Å². The molecule has 0 unspecified atom stereocenters. The molecule has 21 heavy (non-hydrogen) atoms. The van der Waals surface area contributed by atoms with Crippen LogP contribution in [0.15, 0.2) is 46.1 Å². The van der Waals surface area contributed by atoms with E-state index in [1.807, 2.05) is 40.8 Å². The molecule has 0 bridgehead atoms. The van der Waals surface area contributed by atoms with Gasteiger partial charge >= 0.3 is 0 Å². The first-order valence-electron chi connectivity index (χ1n) is 6.29. The molecule has 106 valence electrons. The minimum Gasteiger partial charge on any atom is -0.464 e. The summed E-state index contributed by atoms with van der Waals surface area (Å²) in [6.45, 7) is 1.71. The Kier molecular flexibility index (Phi) is 3.62. The predicted octanol–water partition coefficient (Wildman–Crippen LogP) is 2.79. The van der Waals surface area contributed by atoms with E-state index in [1.165, 1.54) is 17.2 Å². The third-order valence-electron chi connectivity index (χ3n) is 3.25. The minimum absolute atomic E-state index is 0.0500. The van der Waals surface area contributed by atoms with Crippen LogP contribution in [0.3, 0.4) is 0 Å². The molecule has 6 heteroatoms. The highest BCUT2D eigenvalue weighted by molar-refractivity contribution is 14.1. The largest absolute Gasteiger partial charge is 0.464 e. The average Bonchev–Trinajstić information content (AvgIpc) is 2.92. The van der Waals surface area contributed by atoms with Crippen LogP contribution in [0.1, 0.15) is 16.1 Å². The number of nitrogens with zero attached hydrogens (tertiary/aromatic N) is 2. The monoisotopic (exact) mass is 394 g/mol. The molecule has 3 aromatic rings. The van der Waals surface area contributed by atoms with E-state index in [4.69, 9.17) is 4.42 Å². The fourth-order valence-corrected chi connectivity index (χ4v) is 2.54. The van der Waals surface area contributed by atoms with Gasteiger partial charge in [-0.2, -0.15) is 0 Å². The number of para-hydroxylation sites is 1. The van der Waals surface area contributed by atoms with Gasteiger partial charge in [-0.05, 0) is 35.6 Å². The van der Waals surface area contributed by atoms with Crippen molar-refractivity contribution in [3.63, 3.8) is 0 Å². The molecule has 0 spiro atoms. The molecule has 0 fully saturated rings. The number of aryl methyl sites for hydroxylation is 1. The molecule has 0 N–H and O–H groups in total. The van der Waals surface area contributed by atoms with Crippen LogP contribution in [0.4, 0.5) is 0 Å². The fourth-order valence-electron chi connectivity index (χ4n) is 2.09. The Morgan fingerprint density at radius 1 is 1.38 bits per heavy atom. The van der Waals surface area contributed by atoms with Gasteiger partial charge in [0.1, 0.15) is 11.8 Å². The maximum absolute atomic E-state index is 12.4. The Morgan fingerprint density at radius 2 is 2.14 bits per heavy atom. The normalized spacial score (nSPS) is 11.0. The van der Waals surface area contributed by atoms with E-state index in [0.717, 1.165) is 5.39 Å². The molecular formula is C15H11IN2O3. The second-order valence-electron chi connectivity index (χ2n) is 4.65. The summed E-state index contributed by atoms with van der Waals surface area (Å²) in [7, 11) is 0. The van der Waals surface area contributed by atoms with E-state index in [9.17, 15) is 9.59 Å². The third-order valence-corrected chi connectivity index (χ3v) is 4.49. The average molecular weight is 394 g/mol. The lowest BCUT2D eigenvalue weighted by Gasteiger charge is -2.05. The smallest absolute Gasteiger partial charge is 0.267 e. The summed E-state index contributed by atoms with van der Waals surface area (Å²) < 4.78 is 7.20. The SMILES string of the molecule is Cc1ncn(CC(=O)c2coc3ccccc23)c(=O)c1I. The van der Waals surface area contributed by atoms with Gasteiger partial charge in [-0.25, -0.2) is 4.98 Å². The van der Waals surface area contributed by atoms with E-state index in [2.05, 4.69) is 4.98 Å². The lowest BCUT2D eigenvalue weighted by molar-refractivity contribution is 0.0971. The summed E-state index contributed by atoms with van der Waals surface area (Å²) in [5.41, 5.74) is 1.60. The zero-order chi connectivity index (χ0) is 15.0. The molecule has 1 aromatic carbocycles. The predicted molar refractivity (Wildman–Crippen MR) is 86.5 cm³/mol. The van der Waals surface area contributed by atoms with Crippen molar-refractivity contribution in [1.82, 2.24) is 9.55 Å². The van der Waals surface area contributed by atoms with Gasteiger partial charge in [0.05, 0.1) is 27.7 Å². The van der Waals surface area contributed by atoms with Gasteiger partial charge in [-0.3, -0.25) is 14.2 Å². The molecule has 0 amide bonds. The number of Topliss-reactive ketones (excluding diaryl/α,β-unsaturated/α-hetero) is 1. The summed E-state index contributed by atoms with van der Waals surface area (Å²) >= 11 is 1.94. The number of hydrogen-bond acceptors (Lipinski definition) is 4. The van der Waals surface area contributed by atoms with Gasteiger partial charge in [0.15, 0.2) is 5.78 Å². The molecule has 3 rings (SSSR count).